The highest BCUT2D eigenvalue weighted by Crippen LogP contribution is 2.06. The van der Waals surface area contributed by atoms with Gasteiger partial charge in [0.2, 0.25) is 5.88 Å². The van der Waals surface area contributed by atoms with Gasteiger partial charge in [-0.15, -0.1) is 0 Å². The lowest BCUT2D eigenvalue weighted by Gasteiger charge is -2.07. The van der Waals surface area contributed by atoms with Crippen LogP contribution in [-0.2, 0) is 19.6 Å². The molecule has 0 aliphatic heterocycles. The topological polar surface area (TPSA) is 52.0 Å². The zero-order chi connectivity index (χ0) is 12.8. The van der Waals surface area contributed by atoms with E-state index in [9.17, 15) is 0 Å². The Bertz CT molecular complexity index is 478. The SMILES string of the molecule is CCn1ccnc1CNCc1ccc(OC)nc1. The summed E-state index contributed by atoms with van der Waals surface area (Å²) in [5, 5.41) is 3.35. The molecule has 96 valence electrons. The molecule has 18 heavy (non-hydrogen) atoms. The summed E-state index contributed by atoms with van der Waals surface area (Å²) in [6.45, 7) is 4.58. The predicted molar refractivity (Wildman–Crippen MR) is 69.2 cm³/mol. The summed E-state index contributed by atoms with van der Waals surface area (Å²) in [7, 11) is 1.62. The van der Waals surface area contributed by atoms with Gasteiger partial charge in [-0.3, -0.25) is 0 Å². The molecular formula is C13H18N4O. The van der Waals surface area contributed by atoms with Gasteiger partial charge in [0.25, 0.3) is 0 Å². The average molecular weight is 246 g/mol. The van der Waals surface area contributed by atoms with Gasteiger partial charge in [0.1, 0.15) is 5.82 Å². The van der Waals surface area contributed by atoms with Crippen LogP contribution in [0.25, 0.3) is 0 Å². The summed E-state index contributed by atoms with van der Waals surface area (Å²) < 4.78 is 7.14. The fourth-order valence-electron chi connectivity index (χ4n) is 1.75. The van der Waals surface area contributed by atoms with E-state index in [2.05, 4.69) is 26.8 Å². The standard InChI is InChI=1S/C13H18N4O/c1-3-17-7-6-15-12(17)10-14-8-11-4-5-13(18-2)16-9-11/h4-7,9,14H,3,8,10H2,1-2H3. The Balaban J connectivity index is 1.84. The van der Waals surface area contributed by atoms with E-state index >= 15 is 0 Å². The summed E-state index contributed by atoms with van der Waals surface area (Å²) in [4.78, 5) is 8.47. The van der Waals surface area contributed by atoms with Gasteiger partial charge in [-0.1, -0.05) is 6.07 Å². The van der Waals surface area contributed by atoms with Crippen molar-refractivity contribution in [1.29, 1.82) is 0 Å². The van der Waals surface area contributed by atoms with Gasteiger partial charge in [-0.2, -0.15) is 0 Å². The van der Waals surface area contributed by atoms with Gasteiger partial charge < -0.3 is 14.6 Å². The lowest BCUT2D eigenvalue weighted by atomic mass is 10.3. The van der Waals surface area contributed by atoms with Crippen LogP contribution in [0.3, 0.4) is 0 Å². The van der Waals surface area contributed by atoms with Gasteiger partial charge >= 0.3 is 0 Å². The van der Waals surface area contributed by atoms with E-state index in [1.807, 2.05) is 30.7 Å². The molecule has 2 aromatic heterocycles. The molecule has 0 saturated heterocycles. The summed E-state index contributed by atoms with van der Waals surface area (Å²) in [5.74, 6) is 1.69. The van der Waals surface area contributed by atoms with Crippen LogP contribution in [0.1, 0.15) is 18.3 Å². The molecule has 2 heterocycles. The highest BCUT2D eigenvalue weighted by Gasteiger charge is 2.01. The van der Waals surface area contributed by atoms with Gasteiger partial charge in [0.05, 0.1) is 13.7 Å². The van der Waals surface area contributed by atoms with Gasteiger partial charge in [-0.05, 0) is 12.5 Å². The van der Waals surface area contributed by atoms with Crippen molar-refractivity contribution in [3.05, 3.63) is 42.1 Å². The third-order valence-electron chi connectivity index (χ3n) is 2.76. The smallest absolute Gasteiger partial charge is 0.212 e. The van der Waals surface area contributed by atoms with Crippen LogP contribution in [0, 0.1) is 0 Å². The number of hydrogen-bond acceptors (Lipinski definition) is 4. The number of methoxy groups -OCH3 is 1. The van der Waals surface area contributed by atoms with Crippen molar-refractivity contribution < 1.29 is 4.74 Å². The maximum Gasteiger partial charge on any atom is 0.212 e. The summed E-state index contributed by atoms with van der Waals surface area (Å²) in [6, 6.07) is 3.87. The molecule has 0 atom stereocenters. The molecule has 0 aliphatic rings. The molecule has 0 fully saturated rings. The Morgan fingerprint density at radius 3 is 2.83 bits per heavy atom. The number of aryl methyl sites for hydroxylation is 1. The Labute approximate surface area is 107 Å². The first-order chi connectivity index (χ1) is 8.83. The second kappa shape index (κ2) is 6.16. The van der Waals surface area contributed by atoms with Crippen LogP contribution in [0.15, 0.2) is 30.7 Å². The zero-order valence-electron chi connectivity index (χ0n) is 10.8. The fraction of sp³-hybridized carbons (Fsp3) is 0.385. The number of nitrogens with zero attached hydrogens (tertiary/aromatic N) is 3. The molecule has 0 amide bonds. The van der Waals surface area contributed by atoms with Crippen molar-refractivity contribution in [2.75, 3.05) is 7.11 Å². The van der Waals surface area contributed by atoms with Crippen molar-refractivity contribution in [2.45, 2.75) is 26.6 Å². The number of rotatable bonds is 6. The number of ether oxygens (including phenoxy) is 1. The van der Waals surface area contributed by atoms with E-state index in [4.69, 9.17) is 4.74 Å². The highest BCUT2D eigenvalue weighted by molar-refractivity contribution is 5.17. The predicted octanol–water partition coefficient (Wildman–Crippen LogP) is 1.60. The van der Waals surface area contributed by atoms with Gasteiger partial charge in [0, 0.05) is 37.7 Å². The molecule has 0 saturated carbocycles. The second-order valence-electron chi connectivity index (χ2n) is 3.94. The number of hydrogen-bond donors (Lipinski definition) is 1. The lowest BCUT2D eigenvalue weighted by molar-refractivity contribution is 0.397. The van der Waals surface area contributed by atoms with Gasteiger partial charge in [-0.25, -0.2) is 9.97 Å². The molecule has 1 N–H and O–H groups in total. The van der Waals surface area contributed by atoms with Crippen molar-refractivity contribution in [2.24, 2.45) is 0 Å². The molecule has 0 bridgehead atoms. The summed E-state index contributed by atoms with van der Waals surface area (Å²) >= 11 is 0. The van der Waals surface area contributed by atoms with E-state index in [-0.39, 0.29) is 0 Å². The molecule has 5 heteroatoms. The third-order valence-corrected chi connectivity index (χ3v) is 2.76. The minimum Gasteiger partial charge on any atom is -0.481 e. The summed E-state index contributed by atoms with van der Waals surface area (Å²) in [6.07, 6.45) is 5.64. The largest absolute Gasteiger partial charge is 0.481 e. The molecular weight excluding hydrogens is 228 g/mol. The monoisotopic (exact) mass is 246 g/mol. The Morgan fingerprint density at radius 2 is 2.17 bits per heavy atom. The average Bonchev–Trinajstić information content (AvgIpc) is 2.87. The zero-order valence-corrected chi connectivity index (χ0v) is 10.8. The number of imidazole rings is 1. The van der Waals surface area contributed by atoms with E-state index in [1.54, 1.807) is 7.11 Å². The lowest BCUT2D eigenvalue weighted by Crippen LogP contribution is -2.16. The van der Waals surface area contributed by atoms with E-state index in [1.165, 1.54) is 0 Å². The van der Waals surface area contributed by atoms with E-state index < -0.39 is 0 Å². The van der Waals surface area contributed by atoms with Crippen LogP contribution in [0.2, 0.25) is 0 Å². The molecule has 2 rings (SSSR count). The Kier molecular flexibility index (Phi) is 4.30. The summed E-state index contributed by atoms with van der Waals surface area (Å²) in [5.41, 5.74) is 1.13. The first-order valence-corrected chi connectivity index (χ1v) is 6.03. The minimum atomic E-state index is 0.639. The maximum absolute atomic E-state index is 5.02. The van der Waals surface area contributed by atoms with Crippen LogP contribution in [0.5, 0.6) is 5.88 Å². The van der Waals surface area contributed by atoms with Crippen molar-refractivity contribution in [1.82, 2.24) is 19.9 Å². The molecule has 2 aromatic rings. The van der Waals surface area contributed by atoms with E-state index in [0.717, 1.165) is 31.0 Å². The first-order valence-electron chi connectivity index (χ1n) is 6.03. The van der Waals surface area contributed by atoms with E-state index in [0.29, 0.717) is 5.88 Å². The molecule has 5 nitrogen and oxygen atoms in total. The number of nitrogens with one attached hydrogen (secondary N) is 1. The fourth-order valence-corrected chi connectivity index (χ4v) is 1.75. The van der Waals surface area contributed by atoms with Crippen LogP contribution in [-0.4, -0.2) is 21.6 Å². The molecule has 0 aliphatic carbocycles. The van der Waals surface area contributed by atoms with Crippen LogP contribution < -0.4 is 10.1 Å². The van der Waals surface area contributed by atoms with Crippen LogP contribution >= 0.6 is 0 Å². The minimum absolute atomic E-state index is 0.639. The third kappa shape index (κ3) is 3.07. The number of aromatic nitrogens is 3. The first kappa shape index (κ1) is 12.6. The van der Waals surface area contributed by atoms with Crippen molar-refractivity contribution in [3.8, 4) is 5.88 Å². The molecule has 0 unspecified atom stereocenters. The normalized spacial score (nSPS) is 10.6. The Morgan fingerprint density at radius 1 is 1.28 bits per heavy atom. The van der Waals surface area contributed by atoms with Crippen molar-refractivity contribution in [3.63, 3.8) is 0 Å². The molecule has 0 radical (unpaired) electrons. The maximum atomic E-state index is 5.02. The Hall–Kier alpha value is -1.88. The second-order valence-corrected chi connectivity index (χ2v) is 3.94. The molecule has 0 spiro atoms. The van der Waals surface area contributed by atoms with Gasteiger partial charge in [0.15, 0.2) is 0 Å². The van der Waals surface area contributed by atoms with Crippen molar-refractivity contribution >= 4 is 0 Å². The molecule has 0 aromatic carbocycles. The number of pyridine rings is 1. The van der Waals surface area contributed by atoms with Crippen LogP contribution in [0.4, 0.5) is 0 Å². The quantitative estimate of drug-likeness (QED) is 0.841. The highest BCUT2D eigenvalue weighted by atomic mass is 16.5.